The van der Waals surface area contributed by atoms with Gasteiger partial charge in [0.1, 0.15) is 11.9 Å². The van der Waals surface area contributed by atoms with Crippen LogP contribution in [-0.4, -0.2) is 44.6 Å². The molecule has 29 heavy (non-hydrogen) atoms. The molecule has 0 radical (unpaired) electrons. The second-order valence-electron chi connectivity index (χ2n) is 7.31. The van der Waals surface area contributed by atoms with E-state index in [0.717, 1.165) is 17.8 Å². The van der Waals surface area contributed by atoms with Crippen molar-refractivity contribution < 1.29 is 13.9 Å². The van der Waals surface area contributed by atoms with Gasteiger partial charge in [-0.2, -0.15) is 5.26 Å². The average molecular weight is 398 g/mol. The Labute approximate surface area is 171 Å². The maximum Gasteiger partial charge on any atom is 0.159 e. The molecule has 6 nitrogen and oxygen atoms in total. The highest BCUT2D eigenvalue weighted by molar-refractivity contribution is 5.51. The Hall–Kier alpha value is -2.53. The number of rotatable bonds is 8. The van der Waals surface area contributed by atoms with Crippen LogP contribution in [0.1, 0.15) is 23.2 Å². The fourth-order valence-corrected chi connectivity index (χ4v) is 3.32. The topological polar surface area (TPSA) is 70.4 Å². The lowest BCUT2D eigenvalue weighted by Crippen LogP contribution is -2.38. The van der Waals surface area contributed by atoms with Crippen molar-refractivity contribution in [1.82, 2.24) is 10.3 Å². The maximum atomic E-state index is 14.2. The average Bonchev–Trinajstić information content (AvgIpc) is 2.74. The van der Waals surface area contributed by atoms with E-state index in [1.165, 1.54) is 12.1 Å². The molecule has 0 amide bonds. The first kappa shape index (κ1) is 21.2. The van der Waals surface area contributed by atoms with Gasteiger partial charge in [0, 0.05) is 49.6 Å². The van der Waals surface area contributed by atoms with Gasteiger partial charge in [0.25, 0.3) is 0 Å². The lowest BCUT2D eigenvalue weighted by molar-refractivity contribution is -0.200. The molecule has 3 rings (SSSR count). The molecule has 0 saturated carbocycles. The van der Waals surface area contributed by atoms with Crippen LogP contribution in [0.25, 0.3) is 0 Å². The Morgan fingerprint density at radius 3 is 2.69 bits per heavy atom. The first-order valence-electron chi connectivity index (χ1n) is 9.83. The van der Waals surface area contributed by atoms with Gasteiger partial charge >= 0.3 is 0 Å². The zero-order valence-electron chi connectivity index (χ0n) is 16.9. The van der Waals surface area contributed by atoms with Crippen molar-refractivity contribution in [2.24, 2.45) is 5.92 Å². The summed E-state index contributed by atoms with van der Waals surface area (Å²) in [5.41, 5.74) is 2.73. The van der Waals surface area contributed by atoms with E-state index in [0.29, 0.717) is 44.3 Å². The maximum absolute atomic E-state index is 14.2. The number of hydrogen-bond donors (Lipinski definition) is 1. The minimum atomic E-state index is -0.517. The van der Waals surface area contributed by atoms with Crippen LogP contribution in [0.15, 0.2) is 36.5 Å². The van der Waals surface area contributed by atoms with Crippen molar-refractivity contribution >= 4 is 5.69 Å². The molecule has 2 heterocycles. The number of nitrogens with zero attached hydrogens (tertiary/aromatic N) is 3. The highest BCUT2D eigenvalue weighted by atomic mass is 19.1. The molecule has 154 valence electrons. The smallest absolute Gasteiger partial charge is 0.159 e. The molecule has 0 aliphatic carbocycles. The SMILES string of the molecule is CNCC1COC(CCN(Cc2ccc(C)nc2)c2ccc(C#N)c(F)c2)OC1. The summed E-state index contributed by atoms with van der Waals surface area (Å²) in [5, 5.41) is 12.1. The fourth-order valence-electron chi connectivity index (χ4n) is 3.32. The molecule has 1 saturated heterocycles. The van der Waals surface area contributed by atoms with Crippen LogP contribution in [0.2, 0.25) is 0 Å². The third-order valence-corrected chi connectivity index (χ3v) is 4.95. The summed E-state index contributed by atoms with van der Waals surface area (Å²) >= 11 is 0. The van der Waals surface area contributed by atoms with Gasteiger partial charge in [0.15, 0.2) is 6.29 Å². The van der Waals surface area contributed by atoms with Crippen LogP contribution >= 0.6 is 0 Å². The van der Waals surface area contributed by atoms with Gasteiger partial charge in [-0.3, -0.25) is 4.98 Å². The van der Waals surface area contributed by atoms with E-state index in [-0.39, 0.29) is 11.9 Å². The molecular formula is C22H27FN4O2. The van der Waals surface area contributed by atoms with Gasteiger partial charge in [-0.15, -0.1) is 0 Å². The summed E-state index contributed by atoms with van der Waals surface area (Å²) in [7, 11) is 1.92. The number of hydrogen-bond acceptors (Lipinski definition) is 6. The fraction of sp³-hybridized carbons (Fsp3) is 0.455. The van der Waals surface area contributed by atoms with Gasteiger partial charge in [0.05, 0.1) is 18.8 Å². The molecule has 0 spiro atoms. The molecule has 0 atom stereocenters. The Balaban J connectivity index is 1.68. The number of halogens is 1. The standard InChI is InChI=1S/C22H27FN4O2/c1-16-3-4-17(12-26-16)13-27(20-6-5-19(10-24)21(23)9-20)8-7-22-28-14-18(11-25-2)15-29-22/h3-6,9,12,18,22,25H,7-8,11,13-15H2,1-2H3. The molecule has 0 unspecified atom stereocenters. The number of benzene rings is 1. The molecule has 1 fully saturated rings. The normalized spacial score (nSPS) is 19.0. The highest BCUT2D eigenvalue weighted by Crippen LogP contribution is 2.22. The van der Waals surface area contributed by atoms with Gasteiger partial charge < -0.3 is 19.7 Å². The van der Waals surface area contributed by atoms with Crippen molar-refractivity contribution in [3.8, 4) is 6.07 Å². The molecule has 2 aromatic rings. The van der Waals surface area contributed by atoms with Crippen molar-refractivity contribution in [3.63, 3.8) is 0 Å². The summed E-state index contributed by atoms with van der Waals surface area (Å²) in [6.45, 7) is 5.34. The molecule has 7 heteroatoms. The third-order valence-electron chi connectivity index (χ3n) is 4.95. The number of aryl methyl sites for hydroxylation is 1. The summed E-state index contributed by atoms with van der Waals surface area (Å²) < 4.78 is 25.9. The predicted octanol–water partition coefficient (Wildman–Crippen LogP) is 3.01. The van der Waals surface area contributed by atoms with Crippen molar-refractivity contribution in [3.05, 3.63) is 59.2 Å². The Morgan fingerprint density at radius 1 is 1.28 bits per heavy atom. The molecule has 1 aliphatic heterocycles. The van der Waals surface area contributed by atoms with E-state index in [2.05, 4.69) is 15.2 Å². The second kappa shape index (κ2) is 10.3. The van der Waals surface area contributed by atoms with Crippen LogP contribution in [0.4, 0.5) is 10.1 Å². The lowest BCUT2D eigenvalue weighted by Gasteiger charge is -2.32. The molecule has 1 N–H and O–H groups in total. The summed E-state index contributed by atoms with van der Waals surface area (Å²) in [6, 6.07) is 10.5. The number of nitriles is 1. The van der Waals surface area contributed by atoms with Gasteiger partial charge in [-0.1, -0.05) is 6.07 Å². The number of aromatic nitrogens is 1. The van der Waals surface area contributed by atoms with Crippen LogP contribution in [0, 0.1) is 30.0 Å². The Morgan fingerprint density at radius 2 is 2.07 bits per heavy atom. The summed E-state index contributed by atoms with van der Waals surface area (Å²) in [5.74, 6) is -0.157. The predicted molar refractivity (Wildman–Crippen MR) is 109 cm³/mol. The van der Waals surface area contributed by atoms with Gasteiger partial charge in [-0.25, -0.2) is 4.39 Å². The second-order valence-corrected chi connectivity index (χ2v) is 7.31. The lowest BCUT2D eigenvalue weighted by atomic mass is 10.1. The van der Waals surface area contributed by atoms with Crippen molar-refractivity contribution in [2.75, 3.05) is 38.3 Å². The first-order valence-corrected chi connectivity index (χ1v) is 9.83. The molecule has 1 aliphatic rings. The highest BCUT2D eigenvalue weighted by Gasteiger charge is 2.22. The van der Waals surface area contributed by atoms with Crippen molar-refractivity contribution in [1.29, 1.82) is 5.26 Å². The third kappa shape index (κ3) is 5.97. The number of ether oxygens (including phenoxy) is 2. The Kier molecular flexibility index (Phi) is 7.53. The molecule has 1 aromatic heterocycles. The van der Waals surface area contributed by atoms with E-state index in [1.807, 2.05) is 38.4 Å². The van der Waals surface area contributed by atoms with E-state index in [4.69, 9.17) is 14.7 Å². The van der Waals surface area contributed by atoms with E-state index >= 15 is 0 Å². The summed E-state index contributed by atoms with van der Waals surface area (Å²) in [6.07, 6.45) is 2.22. The monoisotopic (exact) mass is 398 g/mol. The molecular weight excluding hydrogens is 371 g/mol. The minimum Gasteiger partial charge on any atom is -0.367 e. The van der Waals surface area contributed by atoms with Crippen LogP contribution < -0.4 is 10.2 Å². The van der Waals surface area contributed by atoms with Crippen molar-refractivity contribution in [2.45, 2.75) is 26.2 Å². The summed E-state index contributed by atoms with van der Waals surface area (Å²) in [4.78, 5) is 6.41. The zero-order chi connectivity index (χ0) is 20.6. The van der Waals surface area contributed by atoms with E-state index < -0.39 is 5.82 Å². The van der Waals surface area contributed by atoms with E-state index in [9.17, 15) is 4.39 Å². The van der Waals surface area contributed by atoms with Gasteiger partial charge in [-0.05, 0) is 43.8 Å². The van der Waals surface area contributed by atoms with Crippen LogP contribution in [0.3, 0.4) is 0 Å². The number of nitrogens with one attached hydrogen (secondary N) is 1. The van der Waals surface area contributed by atoms with Crippen LogP contribution in [0.5, 0.6) is 0 Å². The van der Waals surface area contributed by atoms with E-state index in [1.54, 1.807) is 6.07 Å². The minimum absolute atomic E-state index is 0.0419. The number of pyridine rings is 1. The zero-order valence-corrected chi connectivity index (χ0v) is 16.9. The number of anilines is 1. The molecule has 0 bridgehead atoms. The molecule has 1 aromatic carbocycles. The van der Waals surface area contributed by atoms with Crippen LogP contribution in [-0.2, 0) is 16.0 Å². The van der Waals surface area contributed by atoms with Gasteiger partial charge in [0.2, 0.25) is 0 Å². The quantitative estimate of drug-likeness (QED) is 0.737. The Bertz CT molecular complexity index is 830. The first-order chi connectivity index (χ1) is 14.1. The largest absolute Gasteiger partial charge is 0.367 e.